The summed E-state index contributed by atoms with van der Waals surface area (Å²) in [5, 5.41) is 28.3. The van der Waals surface area contributed by atoms with Crippen LogP contribution in [-0.2, 0) is 4.74 Å². The molecule has 13 heavy (non-hydrogen) atoms. The predicted octanol–water partition coefficient (Wildman–Crippen LogP) is -0.433. The number of hydrogen-bond acceptors (Lipinski definition) is 5. The van der Waals surface area contributed by atoms with E-state index in [0.29, 0.717) is 0 Å². The highest BCUT2D eigenvalue weighted by Crippen LogP contribution is 2.27. The zero-order chi connectivity index (χ0) is 10.0. The Hall–Kier alpha value is 0.190. The molecule has 0 aliphatic carbocycles. The fourth-order valence-electron chi connectivity index (χ4n) is 1.32. The lowest BCUT2D eigenvalue weighted by Crippen LogP contribution is -2.55. The Kier molecular flexibility index (Phi) is 4.00. The molecule has 0 aromatic heterocycles. The maximum atomic E-state index is 9.50. The van der Waals surface area contributed by atoms with Gasteiger partial charge in [-0.25, -0.2) is 0 Å². The van der Waals surface area contributed by atoms with Crippen LogP contribution in [-0.4, -0.2) is 50.9 Å². The second-order valence-corrected chi connectivity index (χ2v) is 4.51. The molecule has 78 valence electrons. The first-order valence-corrected chi connectivity index (χ1v) is 5.44. The molecule has 0 bridgehead atoms. The molecule has 5 heteroatoms. The molecule has 4 nitrogen and oxygen atoms in total. The van der Waals surface area contributed by atoms with Crippen LogP contribution in [0.25, 0.3) is 0 Å². The Labute approximate surface area is 81.9 Å². The van der Waals surface area contributed by atoms with Crippen LogP contribution < -0.4 is 0 Å². The van der Waals surface area contributed by atoms with Crippen LogP contribution in [0.15, 0.2) is 0 Å². The molecule has 0 radical (unpaired) electrons. The molecule has 3 N–H and O–H groups in total. The summed E-state index contributed by atoms with van der Waals surface area (Å²) >= 11 is 1.43. The van der Waals surface area contributed by atoms with Gasteiger partial charge < -0.3 is 20.1 Å². The van der Waals surface area contributed by atoms with Gasteiger partial charge in [-0.05, 0) is 12.7 Å². The van der Waals surface area contributed by atoms with Gasteiger partial charge in [0, 0.05) is 0 Å². The van der Waals surface area contributed by atoms with Crippen molar-refractivity contribution in [3.8, 4) is 0 Å². The Balaban J connectivity index is 2.59. The van der Waals surface area contributed by atoms with Gasteiger partial charge in [-0.1, -0.05) is 6.92 Å². The molecule has 1 heterocycles. The first-order valence-electron chi connectivity index (χ1n) is 4.39. The second-order valence-electron chi connectivity index (χ2n) is 3.14. The SMILES string of the molecule is CCS[C@H]1O[C@@H](C)[C@@H](O)[C@@H](O)[C@@H]1O. The van der Waals surface area contributed by atoms with E-state index in [-0.39, 0.29) is 0 Å². The average Bonchev–Trinajstić information content (AvgIpc) is 2.11. The number of rotatable bonds is 2. The van der Waals surface area contributed by atoms with Gasteiger partial charge in [0.05, 0.1) is 6.10 Å². The summed E-state index contributed by atoms with van der Waals surface area (Å²) in [6, 6.07) is 0. The first kappa shape index (κ1) is 11.3. The van der Waals surface area contributed by atoms with Crippen molar-refractivity contribution < 1.29 is 20.1 Å². The van der Waals surface area contributed by atoms with E-state index in [1.807, 2.05) is 6.92 Å². The molecule has 0 aromatic rings. The van der Waals surface area contributed by atoms with E-state index < -0.39 is 29.9 Å². The van der Waals surface area contributed by atoms with Gasteiger partial charge in [0.1, 0.15) is 23.7 Å². The maximum absolute atomic E-state index is 9.50. The summed E-state index contributed by atoms with van der Waals surface area (Å²) < 4.78 is 5.32. The van der Waals surface area contributed by atoms with Gasteiger partial charge >= 0.3 is 0 Å². The molecule has 1 aliphatic heterocycles. The molecule has 0 saturated carbocycles. The lowest BCUT2D eigenvalue weighted by atomic mass is 10.0. The van der Waals surface area contributed by atoms with Gasteiger partial charge in [-0.15, -0.1) is 11.8 Å². The lowest BCUT2D eigenvalue weighted by Gasteiger charge is -2.38. The van der Waals surface area contributed by atoms with Crippen molar-refractivity contribution in [1.82, 2.24) is 0 Å². The topological polar surface area (TPSA) is 69.9 Å². The second kappa shape index (κ2) is 4.61. The predicted molar refractivity (Wildman–Crippen MR) is 50.5 cm³/mol. The normalized spacial score (nSPS) is 46.4. The molecular formula is C8H16O4S. The van der Waals surface area contributed by atoms with E-state index in [0.717, 1.165) is 5.75 Å². The van der Waals surface area contributed by atoms with Crippen molar-refractivity contribution in [3.63, 3.8) is 0 Å². The van der Waals surface area contributed by atoms with Gasteiger partial charge in [0.2, 0.25) is 0 Å². The van der Waals surface area contributed by atoms with Crippen molar-refractivity contribution in [3.05, 3.63) is 0 Å². The van der Waals surface area contributed by atoms with Crippen LogP contribution in [0.3, 0.4) is 0 Å². The summed E-state index contributed by atoms with van der Waals surface area (Å²) in [7, 11) is 0. The zero-order valence-corrected chi connectivity index (χ0v) is 8.57. The van der Waals surface area contributed by atoms with Crippen molar-refractivity contribution in [2.75, 3.05) is 5.75 Å². The highest BCUT2D eigenvalue weighted by Gasteiger charge is 2.41. The Morgan fingerprint density at radius 2 is 1.77 bits per heavy atom. The number of aliphatic hydroxyl groups is 3. The molecule has 0 spiro atoms. The van der Waals surface area contributed by atoms with Crippen LogP contribution in [0.2, 0.25) is 0 Å². The van der Waals surface area contributed by atoms with E-state index in [4.69, 9.17) is 4.74 Å². The van der Waals surface area contributed by atoms with Crippen LogP contribution in [0.4, 0.5) is 0 Å². The van der Waals surface area contributed by atoms with E-state index >= 15 is 0 Å². The smallest absolute Gasteiger partial charge is 0.132 e. The minimum Gasteiger partial charge on any atom is -0.388 e. The Morgan fingerprint density at radius 3 is 2.31 bits per heavy atom. The van der Waals surface area contributed by atoms with Gasteiger partial charge in [-0.3, -0.25) is 0 Å². The molecule has 1 saturated heterocycles. The number of thioether (sulfide) groups is 1. The molecule has 0 unspecified atom stereocenters. The van der Waals surface area contributed by atoms with Crippen molar-refractivity contribution in [1.29, 1.82) is 0 Å². The van der Waals surface area contributed by atoms with Crippen LogP contribution in [0.5, 0.6) is 0 Å². The molecule has 0 amide bonds. The van der Waals surface area contributed by atoms with Crippen LogP contribution in [0, 0.1) is 0 Å². The summed E-state index contributed by atoms with van der Waals surface area (Å²) in [4.78, 5) is 0. The van der Waals surface area contributed by atoms with E-state index in [9.17, 15) is 15.3 Å². The Morgan fingerprint density at radius 1 is 1.15 bits per heavy atom. The summed E-state index contributed by atoms with van der Waals surface area (Å²) in [6.07, 6.45) is -3.53. The van der Waals surface area contributed by atoms with Crippen LogP contribution in [0.1, 0.15) is 13.8 Å². The van der Waals surface area contributed by atoms with E-state index in [2.05, 4.69) is 0 Å². The molecular weight excluding hydrogens is 192 g/mol. The average molecular weight is 208 g/mol. The fraction of sp³-hybridized carbons (Fsp3) is 1.00. The van der Waals surface area contributed by atoms with Gasteiger partial charge in [0.15, 0.2) is 0 Å². The first-order chi connectivity index (χ1) is 6.07. The minimum atomic E-state index is -1.10. The maximum Gasteiger partial charge on any atom is 0.132 e. The molecule has 1 aliphatic rings. The third-order valence-electron chi connectivity index (χ3n) is 2.14. The minimum absolute atomic E-state index is 0.428. The van der Waals surface area contributed by atoms with Crippen LogP contribution >= 0.6 is 11.8 Å². The van der Waals surface area contributed by atoms with Crippen molar-refractivity contribution in [2.45, 2.75) is 43.7 Å². The summed E-state index contributed by atoms with van der Waals surface area (Å²) in [6.45, 7) is 3.63. The molecule has 1 fully saturated rings. The number of aliphatic hydroxyl groups excluding tert-OH is 3. The van der Waals surface area contributed by atoms with Gasteiger partial charge in [0.25, 0.3) is 0 Å². The summed E-state index contributed by atoms with van der Waals surface area (Å²) in [5.41, 5.74) is -0.432. The molecule has 0 aromatic carbocycles. The van der Waals surface area contributed by atoms with E-state index in [1.165, 1.54) is 11.8 Å². The largest absolute Gasteiger partial charge is 0.388 e. The molecule has 1 rings (SSSR count). The number of ether oxygens (including phenoxy) is 1. The van der Waals surface area contributed by atoms with Gasteiger partial charge in [-0.2, -0.15) is 0 Å². The zero-order valence-electron chi connectivity index (χ0n) is 7.75. The van der Waals surface area contributed by atoms with Crippen molar-refractivity contribution >= 4 is 11.8 Å². The highest BCUT2D eigenvalue weighted by molar-refractivity contribution is 7.99. The standard InChI is InChI=1S/C8H16O4S/c1-3-13-8-7(11)6(10)5(9)4(2)12-8/h4-11H,3H2,1-2H3/t4-,5+,6+,7-,8+/m0/s1. The van der Waals surface area contributed by atoms with E-state index in [1.54, 1.807) is 6.92 Å². The lowest BCUT2D eigenvalue weighted by molar-refractivity contribution is -0.192. The highest BCUT2D eigenvalue weighted by atomic mass is 32.2. The summed E-state index contributed by atoms with van der Waals surface area (Å²) in [5.74, 6) is 0.803. The Bertz CT molecular complexity index is 166. The fourth-order valence-corrected chi connectivity index (χ4v) is 2.26. The van der Waals surface area contributed by atoms with Crippen molar-refractivity contribution in [2.24, 2.45) is 0 Å². The monoisotopic (exact) mass is 208 g/mol. The third-order valence-corrected chi connectivity index (χ3v) is 3.19. The molecule has 5 atom stereocenters. The third kappa shape index (κ3) is 2.35. The quantitative estimate of drug-likeness (QED) is 0.574. The number of hydrogen-bond donors (Lipinski definition) is 3.